The fourth-order valence-corrected chi connectivity index (χ4v) is 5.79. The van der Waals surface area contributed by atoms with Crippen molar-refractivity contribution in [3.05, 3.63) is 41.1 Å². The molecule has 192 valence electrons. The summed E-state index contributed by atoms with van der Waals surface area (Å²) in [6.45, 7) is 4.24. The van der Waals surface area contributed by atoms with Gasteiger partial charge in [0.2, 0.25) is 11.8 Å². The standard InChI is InChI=1S/C27H28ClFN6O2/c1-27(2)8-6-23-34-25-20(29)11-16(12-21(25)35(23)27)18-13-22(31-14-19(18)28)33-26(37)15-4-3-5-17(10-15)32-24(36)7-9-30/h11-15,17H,3-8,10H2,1-2H3,(H,32,36)(H,31,33,37)/t15-,17+/m0/s1. The second kappa shape index (κ2) is 9.75. The van der Waals surface area contributed by atoms with Crippen LogP contribution in [-0.2, 0) is 21.5 Å². The van der Waals surface area contributed by atoms with Gasteiger partial charge in [-0.15, -0.1) is 0 Å². The molecule has 37 heavy (non-hydrogen) atoms. The van der Waals surface area contributed by atoms with Crippen LogP contribution >= 0.6 is 11.6 Å². The number of amides is 2. The molecule has 0 radical (unpaired) electrons. The lowest BCUT2D eigenvalue weighted by Crippen LogP contribution is -2.40. The molecule has 2 N–H and O–H groups in total. The van der Waals surface area contributed by atoms with Crippen LogP contribution in [0.4, 0.5) is 10.2 Å². The molecular weight excluding hydrogens is 495 g/mol. The monoisotopic (exact) mass is 522 g/mol. The molecular formula is C27H28ClFN6O2. The fraction of sp³-hybridized carbons (Fsp3) is 0.444. The first-order valence-corrected chi connectivity index (χ1v) is 12.9. The van der Waals surface area contributed by atoms with E-state index >= 15 is 4.39 Å². The van der Waals surface area contributed by atoms with Gasteiger partial charge in [0.25, 0.3) is 0 Å². The van der Waals surface area contributed by atoms with Crippen molar-refractivity contribution in [3.63, 3.8) is 0 Å². The molecule has 1 aromatic carbocycles. The summed E-state index contributed by atoms with van der Waals surface area (Å²) < 4.78 is 17.2. The van der Waals surface area contributed by atoms with Gasteiger partial charge in [0, 0.05) is 35.7 Å². The molecule has 2 amide bonds. The Bertz CT molecular complexity index is 1440. The Kier molecular flexibility index (Phi) is 6.63. The van der Waals surface area contributed by atoms with Crippen LogP contribution in [0.15, 0.2) is 24.4 Å². The van der Waals surface area contributed by atoms with Gasteiger partial charge >= 0.3 is 0 Å². The number of carbonyl (C=O) groups excluding carboxylic acids is 2. The van der Waals surface area contributed by atoms with E-state index in [1.54, 1.807) is 6.07 Å². The number of halogens is 2. The van der Waals surface area contributed by atoms with E-state index in [2.05, 4.69) is 39.0 Å². The van der Waals surface area contributed by atoms with Crippen LogP contribution in [0.1, 0.15) is 58.2 Å². The Labute approximate surface area is 219 Å². The molecule has 2 atom stereocenters. The molecule has 3 heterocycles. The predicted octanol–water partition coefficient (Wildman–Crippen LogP) is 5.10. The molecule has 2 aliphatic rings. The Hall–Kier alpha value is -3.51. The summed E-state index contributed by atoms with van der Waals surface area (Å²) in [6, 6.07) is 6.66. The molecule has 8 nitrogen and oxygen atoms in total. The van der Waals surface area contributed by atoms with Gasteiger partial charge in [-0.25, -0.2) is 14.4 Å². The minimum Gasteiger partial charge on any atom is -0.352 e. The first-order chi connectivity index (χ1) is 17.7. The molecule has 1 fully saturated rings. The summed E-state index contributed by atoms with van der Waals surface area (Å²) >= 11 is 6.48. The van der Waals surface area contributed by atoms with Gasteiger partial charge in [-0.3, -0.25) is 9.59 Å². The molecule has 1 aliphatic heterocycles. The van der Waals surface area contributed by atoms with Gasteiger partial charge in [-0.2, -0.15) is 5.26 Å². The van der Waals surface area contributed by atoms with E-state index in [0.29, 0.717) is 40.3 Å². The van der Waals surface area contributed by atoms with Crippen LogP contribution < -0.4 is 10.6 Å². The maximum absolute atomic E-state index is 15.1. The third-order valence-electron chi connectivity index (χ3n) is 7.42. The van der Waals surface area contributed by atoms with Gasteiger partial charge in [0.1, 0.15) is 23.6 Å². The van der Waals surface area contributed by atoms with Crippen LogP contribution in [0.25, 0.3) is 22.2 Å². The van der Waals surface area contributed by atoms with E-state index < -0.39 is 5.82 Å². The number of nitrogens with one attached hydrogen (secondary N) is 2. The predicted molar refractivity (Wildman–Crippen MR) is 138 cm³/mol. The first-order valence-electron chi connectivity index (χ1n) is 12.5. The first kappa shape index (κ1) is 25.2. The molecule has 10 heteroatoms. The molecule has 1 saturated carbocycles. The van der Waals surface area contributed by atoms with Crippen LogP contribution in [-0.4, -0.2) is 32.4 Å². The summed E-state index contributed by atoms with van der Waals surface area (Å²) in [5.74, 6) is -0.0485. The topological polar surface area (TPSA) is 113 Å². The number of aryl methyl sites for hydroxylation is 1. The summed E-state index contributed by atoms with van der Waals surface area (Å²) in [6.07, 6.45) is 5.74. The SMILES string of the molecule is CC1(C)CCc2nc3c(F)cc(-c4cc(NC(=O)[C@H]5CCC[C@@H](NC(=O)CC#N)C5)ncc4Cl)cc3n21. The largest absolute Gasteiger partial charge is 0.352 e. The number of carbonyl (C=O) groups is 2. The number of imidazole rings is 1. The molecule has 3 aromatic rings. The Balaban J connectivity index is 1.38. The summed E-state index contributed by atoms with van der Waals surface area (Å²) in [5.41, 5.74) is 2.04. The zero-order valence-corrected chi connectivity index (χ0v) is 21.5. The Morgan fingerprint density at radius 2 is 2.11 bits per heavy atom. The lowest BCUT2D eigenvalue weighted by atomic mass is 9.85. The lowest BCUT2D eigenvalue weighted by molar-refractivity contribution is -0.124. The van der Waals surface area contributed by atoms with Crippen molar-refractivity contribution >= 4 is 40.3 Å². The summed E-state index contributed by atoms with van der Waals surface area (Å²) in [4.78, 5) is 33.6. The van der Waals surface area contributed by atoms with Gasteiger partial charge in [0.05, 0.1) is 16.6 Å². The maximum Gasteiger partial charge on any atom is 0.234 e. The van der Waals surface area contributed by atoms with Crippen molar-refractivity contribution in [3.8, 4) is 17.2 Å². The average Bonchev–Trinajstić information content (AvgIpc) is 3.38. The Morgan fingerprint density at radius 3 is 2.89 bits per heavy atom. The lowest BCUT2D eigenvalue weighted by Gasteiger charge is -2.28. The number of fused-ring (bicyclic) bond motifs is 3. The van der Waals surface area contributed by atoms with E-state index in [9.17, 15) is 9.59 Å². The van der Waals surface area contributed by atoms with Crippen molar-refractivity contribution in [2.24, 2.45) is 5.92 Å². The zero-order valence-electron chi connectivity index (χ0n) is 20.8. The normalized spacial score (nSPS) is 20.3. The fourth-order valence-electron chi connectivity index (χ4n) is 5.58. The maximum atomic E-state index is 15.1. The summed E-state index contributed by atoms with van der Waals surface area (Å²) in [5, 5.41) is 14.7. The van der Waals surface area contributed by atoms with Gasteiger partial charge in [-0.1, -0.05) is 18.0 Å². The number of benzene rings is 1. The highest BCUT2D eigenvalue weighted by Gasteiger charge is 2.33. The molecule has 2 aromatic heterocycles. The number of anilines is 1. The number of hydrogen-bond acceptors (Lipinski definition) is 5. The minimum atomic E-state index is -0.421. The van der Waals surface area contributed by atoms with Crippen LogP contribution in [0.5, 0.6) is 0 Å². The highest BCUT2D eigenvalue weighted by atomic mass is 35.5. The molecule has 1 aliphatic carbocycles. The van der Waals surface area contributed by atoms with Crippen LogP contribution in [0.3, 0.4) is 0 Å². The number of aromatic nitrogens is 3. The highest BCUT2D eigenvalue weighted by Crippen LogP contribution is 2.39. The van der Waals surface area contributed by atoms with E-state index in [1.165, 1.54) is 12.3 Å². The van der Waals surface area contributed by atoms with Crippen molar-refractivity contribution in [1.29, 1.82) is 5.26 Å². The van der Waals surface area contributed by atoms with E-state index in [1.807, 2.05) is 12.1 Å². The smallest absolute Gasteiger partial charge is 0.234 e. The number of pyridine rings is 1. The molecule has 0 unspecified atom stereocenters. The van der Waals surface area contributed by atoms with Crippen LogP contribution in [0.2, 0.25) is 5.02 Å². The van der Waals surface area contributed by atoms with E-state index in [4.69, 9.17) is 16.9 Å². The minimum absolute atomic E-state index is 0.143. The average molecular weight is 523 g/mol. The number of rotatable bonds is 5. The molecule has 0 saturated heterocycles. The number of nitriles is 1. The summed E-state index contributed by atoms with van der Waals surface area (Å²) in [7, 11) is 0. The van der Waals surface area contributed by atoms with Crippen LogP contribution in [0, 0.1) is 23.1 Å². The highest BCUT2D eigenvalue weighted by molar-refractivity contribution is 6.33. The van der Waals surface area contributed by atoms with Crippen molar-refractivity contribution in [2.45, 2.75) is 70.4 Å². The molecule has 5 rings (SSSR count). The van der Waals surface area contributed by atoms with Gasteiger partial charge < -0.3 is 15.2 Å². The molecule has 0 bridgehead atoms. The third kappa shape index (κ3) is 4.90. The van der Waals surface area contributed by atoms with Gasteiger partial charge in [0.15, 0.2) is 5.82 Å². The van der Waals surface area contributed by atoms with E-state index in [-0.39, 0.29) is 35.7 Å². The second-order valence-corrected chi connectivity index (χ2v) is 10.9. The third-order valence-corrected chi connectivity index (χ3v) is 7.72. The van der Waals surface area contributed by atoms with E-state index in [0.717, 1.165) is 37.0 Å². The molecule has 0 spiro atoms. The number of hydrogen-bond donors (Lipinski definition) is 2. The van der Waals surface area contributed by atoms with Gasteiger partial charge in [-0.05, 0) is 63.3 Å². The van der Waals surface area contributed by atoms with Crippen molar-refractivity contribution in [1.82, 2.24) is 19.9 Å². The Morgan fingerprint density at radius 1 is 1.30 bits per heavy atom. The quantitative estimate of drug-likeness (QED) is 0.484. The zero-order chi connectivity index (χ0) is 26.3. The van der Waals surface area contributed by atoms with Crippen molar-refractivity contribution in [2.75, 3.05) is 5.32 Å². The van der Waals surface area contributed by atoms with Crippen molar-refractivity contribution < 1.29 is 14.0 Å². The second-order valence-electron chi connectivity index (χ2n) is 10.5. The number of nitrogens with zero attached hydrogens (tertiary/aromatic N) is 4.